The first-order valence-electron chi connectivity index (χ1n) is 3.51. The molecule has 1 aromatic carbocycles. The van der Waals surface area contributed by atoms with Crippen LogP contribution in [0.3, 0.4) is 0 Å². The Kier molecular flexibility index (Phi) is 4.22. The third-order valence-electron chi connectivity index (χ3n) is 1.95. The minimum Gasteiger partial charge on any atom is -0.563 e. The fourth-order valence-electron chi connectivity index (χ4n) is 1.02. The summed E-state index contributed by atoms with van der Waals surface area (Å²) in [5, 5.41) is 9.36. The fourth-order valence-corrected chi connectivity index (χ4v) is 1.02. The number of anilines is 1. The van der Waals surface area contributed by atoms with Crippen molar-refractivity contribution in [3.8, 4) is 5.75 Å². The third kappa shape index (κ3) is 1.99. The van der Waals surface area contributed by atoms with E-state index in [-0.39, 0.29) is 38.5 Å². The van der Waals surface area contributed by atoms with Crippen molar-refractivity contribution in [1.82, 2.24) is 0 Å². The van der Waals surface area contributed by atoms with Crippen molar-refractivity contribution in [2.45, 2.75) is 20.8 Å². The van der Waals surface area contributed by atoms with Crippen LogP contribution in [0, 0.1) is 26.8 Å². The van der Waals surface area contributed by atoms with E-state index in [2.05, 4.69) is 6.07 Å². The standard InChI is InChI=1S/C9H12NO.Y/c1-5-4-6(2)9(11)8(10)7(5)3;/h11H,10H2,1-3H3;/q-1;. The number of rotatable bonds is 0. The number of benzene rings is 1. The molecule has 0 aliphatic rings. The average molecular weight is 239 g/mol. The summed E-state index contributed by atoms with van der Waals surface area (Å²) in [7, 11) is 0. The van der Waals surface area contributed by atoms with E-state index in [1.807, 2.05) is 13.8 Å². The normalized spacial score (nSPS) is 9.25. The summed E-state index contributed by atoms with van der Waals surface area (Å²) in [6.45, 7) is 5.59. The second-order valence-corrected chi connectivity index (χ2v) is 2.76. The monoisotopic (exact) mass is 239 g/mol. The smallest absolute Gasteiger partial charge is 0.0284 e. The van der Waals surface area contributed by atoms with Gasteiger partial charge < -0.3 is 10.8 Å². The number of aryl methyl sites for hydroxylation is 2. The fraction of sp³-hybridized carbons (Fsp3) is 0.333. The van der Waals surface area contributed by atoms with Gasteiger partial charge in [-0.15, -0.1) is 11.1 Å². The summed E-state index contributed by atoms with van der Waals surface area (Å²) in [4.78, 5) is 0. The van der Waals surface area contributed by atoms with E-state index >= 15 is 0 Å². The summed E-state index contributed by atoms with van der Waals surface area (Å²) >= 11 is 0. The molecule has 0 aliphatic carbocycles. The largest absolute Gasteiger partial charge is 0.563 e. The zero-order valence-corrected chi connectivity index (χ0v) is 10.4. The molecule has 3 heteroatoms. The number of hydrogen-bond donors (Lipinski definition) is 2. The molecule has 0 saturated heterocycles. The molecular formula is C9H12NOY-. The Hall–Kier alpha value is -0.0761. The molecule has 2 nitrogen and oxygen atoms in total. The van der Waals surface area contributed by atoms with Gasteiger partial charge >= 0.3 is 0 Å². The molecule has 0 spiro atoms. The Bertz CT molecular complexity index is 271. The molecular weight excluding hydrogens is 227 g/mol. The molecule has 1 radical (unpaired) electrons. The SMILES string of the molecule is Cc1[c-]c(C)c(O)c(N)c1C.[Y]. The molecule has 63 valence electrons. The van der Waals surface area contributed by atoms with Gasteiger partial charge in [-0.2, -0.15) is 11.6 Å². The molecule has 0 aromatic heterocycles. The number of phenolic OH excluding ortho intramolecular Hbond substituents is 1. The molecule has 0 heterocycles. The molecule has 0 atom stereocenters. The number of nitrogens with two attached hydrogens (primary N) is 1. The maximum Gasteiger partial charge on any atom is 0.0284 e. The second kappa shape index (κ2) is 4.24. The van der Waals surface area contributed by atoms with Gasteiger partial charge in [0.15, 0.2) is 0 Å². The third-order valence-corrected chi connectivity index (χ3v) is 1.95. The van der Waals surface area contributed by atoms with Crippen LogP contribution in [-0.4, -0.2) is 5.11 Å². The number of phenols is 1. The maximum absolute atomic E-state index is 9.36. The van der Waals surface area contributed by atoms with E-state index in [9.17, 15) is 5.11 Å². The van der Waals surface area contributed by atoms with Crippen molar-refractivity contribution in [1.29, 1.82) is 0 Å². The minimum atomic E-state index is 0. The van der Waals surface area contributed by atoms with Gasteiger partial charge in [0.2, 0.25) is 0 Å². The first-order valence-corrected chi connectivity index (χ1v) is 3.51. The summed E-state index contributed by atoms with van der Waals surface area (Å²) in [6, 6.07) is 3.02. The summed E-state index contributed by atoms with van der Waals surface area (Å²) in [5.41, 5.74) is 8.71. The second-order valence-electron chi connectivity index (χ2n) is 2.76. The Morgan fingerprint density at radius 3 is 2.17 bits per heavy atom. The topological polar surface area (TPSA) is 46.2 Å². The van der Waals surface area contributed by atoms with Crippen LogP contribution in [0.1, 0.15) is 16.7 Å². The van der Waals surface area contributed by atoms with Gasteiger partial charge in [-0.25, -0.2) is 0 Å². The molecule has 0 amide bonds. The zero-order chi connectivity index (χ0) is 8.59. The van der Waals surface area contributed by atoms with E-state index in [1.54, 1.807) is 6.92 Å². The molecule has 0 fully saturated rings. The number of hydrogen-bond acceptors (Lipinski definition) is 2. The van der Waals surface area contributed by atoms with Crippen LogP contribution < -0.4 is 5.73 Å². The molecule has 0 bridgehead atoms. The summed E-state index contributed by atoms with van der Waals surface area (Å²) in [5.74, 6) is 0.160. The Morgan fingerprint density at radius 1 is 1.17 bits per heavy atom. The molecule has 0 aliphatic heterocycles. The van der Waals surface area contributed by atoms with Gasteiger partial charge in [0.25, 0.3) is 0 Å². The molecule has 12 heavy (non-hydrogen) atoms. The predicted octanol–water partition coefficient (Wildman–Crippen LogP) is 1.70. The van der Waals surface area contributed by atoms with Crippen LogP contribution in [-0.2, 0) is 32.7 Å². The van der Waals surface area contributed by atoms with Crippen molar-refractivity contribution < 1.29 is 37.8 Å². The van der Waals surface area contributed by atoms with E-state index in [4.69, 9.17) is 5.73 Å². The van der Waals surface area contributed by atoms with E-state index < -0.39 is 0 Å². The van der Waals surface area contributed by atoms with E-state index in [1.165, 1.54) is 0 Å². The van der Waals surface area contributed by atoms with Gasteiger partial charge in [0.1, 0.15) is 0 Å². The molecule has 3 N–H and O–H groups in total. The molecule has 1 rings (SSSR count). The van der Waals surface area contributed by atoms with Crippen molar-refractivity contribution >= 4 is 5.69 Å². The van der Waals surface area contributed by atoms with Crippen molar-refractivity contribution in [3.63, 3.8) is 0 Å². The Balaban J connectivity index is 0.00000121. The van der Waals surface area contributed by atoms with Crippen molar-refractivity contribution in [2.24, 2.45) is 0 Å². The molecule has 0 unspecified atom stereocenters. The zero-order valence-electron chi connectivity index (χ0n) is 7.60. The predicted molar refractivity (Wildman–Crippen MR) is 45.6 cm³/mol. The van der Waals surface area contributed by atoms with Gasteiger partial charge in [-0.3, -0.25) is 0 Å². The van der Waals surface area contributed by atoms with Crippen LogP contribution in [0.4, 0.5) is 5.69 Å². The van der Waals surface area contributed by atoms with Crippen LogP contribution in [0.15, 0.2) is 0 Å². The van der Waals surface area contributed by atoms with Crippen molar-refractivity contribution in [3.05, 3.63) is 22.8 Å². The van der Waals surface area contributed by atoms with E-state index in [0.717, 1.165) is 11.1 Å². The van der Waals surface area contributed by atoms with E-state index in [0.29, 0.717) is 11.3 Å². The van der Waals surface area contributed by atoms with Crippen LogP contribution in [0.25, 0.3) is 0 Å². The van der Waals surface area contributed by atoms with Gasteiger partial charge in [-0.05, 0) is 5.69 Å². The molecule has 1 aromatic rings. The Morgan fingerprint density at radius 2 is 1.67 bits per heavy atom. The van der Waals surface area contributed by atoms with Gasteiger partial charge in [0.05, 0.1) is 0 Å². The maximum atomic E-state index is 9.36. The van der Waals surface area contributed by atoms with Crippen LogP contribution >= 0.6 is 0 Å². The minimum absolute atomic E-state index is 0. The quantitative estimate of drug-likeness (QED) is 0.411. The van der Waals surface area contributed by atoms with Crippen LogP contribution in [0.2, 0.25) is 0 Å². The van der Waals surface area contributed by atoms with Gasteiger partial charge in [-0.1, -0.05) is 20.8 Å². The van der Waals surface area contributed by atoms with Gasteiger partial charge in [0, 0.05) is 38.5 Å². The van der Waals surface area contributed by atoms with Crippen molar-refractivity contribution in [2.75, 3.05) is 5.73 Å². The summed E-state index contributed by atoms with van der Waals surface area (Å²) < 4.78 is 0. The summed E-state index contributed by atoms with van der Waals surface area (Å²) in [6.07, 6.45) is 0. The average Bonchev–Trinajstić information content (AvgIpc) is 1.97. The first kappa shape index (κ1) is 11.9. The molecule has 0 saturated carbocycles. The first-order chi connectivity index (χ1) is 5.04. The number of nitrogen functional groups attached to an aromatic ring is 1. The number of aromatic hydroxyl groups is 1. The van der Waals surface area contributed by atoms with Crippen LogP contribution in [0.5, 0.6) is 5.75 Å². The Labute approximate surface area is 98.0 Å².